The van der Waals surface area contributed by atoms with E-state index in [1.807, 2.05) is 24.3 Å². The lowest BCUT2D eigenvalue weighted by Gasteiger charge is -2.06. The van der Waals surface area contributed by atoms with E-state index >= 15 is 0 Å². The van der Waals surface area contributed by atoms with E-state index in [1.54, 1.807) is 18.9 Å². The van der Waals surface area contributed by atoms with Crippen molar-refractivity contribution in [2.24, 2.45) is 0 Å². The monoisotopic (exact) mass is 224 g/mol. The van der Waals surface area contributed by atoms with Gasteiger partial charge in [-0.2, -0.15) is 11.8 Å². The Morgan fingerprint density at radius 3 is 2.80 bits per heavy atom. The number of methoxy groups -OCH3 is 1. The molecule has 1 aromatic carbocycles. The number of ether oxygens (including phenoxy) is 1. The number of Topliss-reactive ketones (excluding diaryl/α,β-unsaturated/α-hetero) is 1. The minimum Gasteiger partial charge on any atom is -0.496 e. The summed E-state index contributed by atoms with van der Waals surface area (Å²) in [5.74, 6) is 2.38. The zero-order valence-electron chi connectivity index (χ0n) is 9.16. The third-order valence-corrected chi connectivity index (χ3v) is 3.15. The number of carbonyl (C=O) groups is 1. The van der Waals surface area contributed by atoms with E-state index in [2.05, 4.69) is 6.92 Å². The van der Waals surface area contributed by atoms with E-state index in [4.69, 9.17) is 4.74 Å². The molecule has 0 aliphatic rings. The fourth-order valence-corrected chi connectivity index (χ4v) is 2.04. The third-order valence-electron chi connectivity index (χ3n) is 1.99. The van der Waals surface area contributed by atoms with E-state index in [0.29, 0.717) is 17.1 Å². The molecule has 0 aliphatic carbocycles. The molecular weight excluding hydrogens is 208 g/mol. The van der Waals surface area contributed by atoms with Crippen LogP contribution in [0.2, 0.25) is 0 Å². The maximum absolute atomic E-state index is 11.8. The van der Waals surface area contributed by atoms with E-state index in [9.17, 15) is 4.79 Å². The first kappa shape index (κ1) is 12.1. The fourth-order valence-electron chi connectivity index (χ4n) is 1.26. The van der Waals surface area contributed by atoms with Crippen molar-refractivity contribution in [1.29, 1.82) is 0 Å². The summed E-state index contributed by atoms with van der Waals surface area (Å²) >= 11 is 1.67. The van der Waals surface area contributed by atoms with Gasteiger partial charge in [0.2, 0.25) is 0 Å². The summed E-state index contributed by atoms with van der Waals surface area (Å²) in [6.45, 7) is 2.11. The normalized spacial score (nSPS) is 10.0. The second-order valence-corrected chi connectivity index (χ2v) is 4.28. The SMILES string of the molecule is CCCSCC(=O)c1ccccc1OC. The molecule has 0 heterocycles. The summed E-state index contributed by atoms with van der Waals surface area (Å²) in [5.41, 5.74) is 0.684. The average Bonchev–Trinajstić information content (AvgIpc) is 2.29. The van der Waals surface area contributed by atoms with Crippen LogP contribution in [0.3, 0.4) is 0 Å². The van der Waals surface area contributed by atoms with Gasteiger partial charge in [-0.05, 0) is 24.3 Å². The Hall–Kier alpha value is -0.960. The van der Waals surface area contributed by atoms with Gasteiger partial charge in [0, 0.05) is 0 Å². The molecule has 0 radical (unpaired) electrons. The Kier molecular flexibility index (Phi) is 5.26. The fraction of sp³-hybridized carbons (Fsp3) is 0.417. The lowest BCUT2D eigenvalue weighted by molar-refractivity contribution is 0.101. The van der Waals surface area contributed by atoms with E-state index in [-0.39, 0.29) is 5.78 Å². The number of hydrogen-bond donors (Lipinski definition) is 0. The molecule has 1 rings (SSSR count). The van der Waals surface area contributed by atoms with E-state index < -0.39 is 0 Å². The maximum Gasteiger partial charge on any atom is 0.176 e. The van der Waals surface area contributed by atoms with E-state index in [0.717, 1.165) is 12.2 Å². The molecule has 0 N–H and O–H groups in total. The lowest BCUT2D eigenvalue weighted by atomic mass is 10.1. The van der Waals surface area contributed by atoms with Gasteiger partial charge in [-0.1, -0.05) is 19.1 Å². The second kappa shape index (κ2) is 6.51. The van der Waals surface area contributed by atoms with Gasteiger partial charge in [0.05, 0.1) is 18.4 Å². The molecule has 15 heavy (non-hydrogen) atoms. The molecular formula is C12H16O2S. The predicted octanol–water partition coefficient (Wildman–Crippen LogP) is 3.02. The topological polar surface area (TPSA) is 26.3 Å². The average molecular weight is 224 g/mol. The third kappa shape index (κ3) is 3.59. The van der Waals surface area contributed by atoms with Crippen LogP contribution in [0.5, 0.6) is 5.75 Å². The van der Waals surface area contributed by atoms with Crippen molar-refractivity contribution in [2.75, 3.05) is 18.6 Å². The molecule has 0 fully saturated rings. The molecule has 2 nitrogen and oxygen atoms in total. The molecule has 0 amide bonds. The molecule has 0 atom stereocenters. The Morgan fingerprint density at radius 1 is 1.40 bits per heavy atom. The Bertz CT molecular complexity index is 323. The Morgan fingerprint density at radius 2 is 2.13 bits per heavy atom. The van der Waals surface area contributed by atoms with Gasteiger partial charge >= 0.3 is 0 Å². The highest BCUT2D eigenvalue weighted by Crippen LogP contribution is 2.19. The number of ketones is 1. The standard InChI is InChI=1S/C12H16O2S/c1-3-8-15-9-11(13)10-6-4-5-7-12(10)14-2/h4-7H,3,8-9H2,1-2H3. The molecule has 0 aromatic heterocycles. The van der Waals surface area contributed by atoms with Crippen molar-refractivity contribution >= 4 is 17.5 Å². The summed E-state index contributed by atoms with van der Waals surface area (Å²) in [6.07, 6.45) is 1.10. The quantitative estimate of drug-likeness (QED) is 0.549. The molecule has 0 saturated heterocycles. The molecule has 0 bridgehead atoms. The van der Waals surface area contributed by atoms with E-state index in [1.165, 1.54) is 0 Å². The van der Waals surface area contributed by atoms with Gasteiger partial charge in [-0.3, -0.25) is 4.79 Å². The van der Waals surface area contributed by atoms with Gasteiger partial charge in [0.1, 0.15) is 5.75 Å². The maximum atomic E-state index is 11.8. The number of hydrogen-bond acceptors (Lipinski definition) is 3. The molecule has 3 heteroatoms. The van der Waals surface area contributed by atoms with Crippen molar-refractivity contribution in [1.82, 2.24) is 0 Å². The van der Waals surface area contributed by atoms with Gasteiger partial charge in [0.15, 0.2) is 5.78 Å². The molecule has 1 aromatic rings. The van der Waals surface area contributed by atoms with Crippen LogP contribution in [0.1, 0.15) is 23.7 Å². The highest BCUT2D eigenvalue weighted by Gasteiger charge is 2.10. The number of para-hydroxylation sites is 1. The van der Waals surface area contributed by atoms with Gasteiger partial charge in [-0.25, -0.2) is 0 Å². The van der Waals surface area contributed by atoms with Crippen molar-refractivity contribution in [3.63, 3.8) is 0 Å². The van der Waals surface area contributed by atoms with Crippen molar-refractivity contribution in [2.45, 2.75) is 13.3 Å². The first-order valence-corrected chi connectivity index (χ1v) is 6.19. The van der Waals surface area contributed by atoms with Crippen LogP contribution < -0.4 is 4.74 Å². The van der Waals surface area contributed by atoms with Gasteiger partial charge in [-0.15, -0.1) is 0 Å². The molecule has 0 spiro atoms. The summed E-state index contributed by atoms with van der Waals surface area (Å²) in [5, 5.41) is 0. The number of thioether (sulfide) groups is 1. The summed E-state index contributed by atoms with van der Waals surface area (Å²) in [6, 6.07) is 7.36. The molecule has 0 unspecified atom stereocenters. The van der Waals surface area contributed by atoms with Gasteiger partial charge in [0.25, 0.3) is 0 Å². The Balaban J connectivity index is 2.64. The summed E-state index contributed by atoms with van der Waals surface area (Å²) in [7, 11) is 1.59. The largest absolute Gasteiger partial charge is 0.496 e. The lowest BCUT2D eigenvalue weighted by Crippen LogP contribution is -2.05. The van der Waals surface area contributed by atoms with Crippen molar-refractivity contribution in [3.8, 4) is 5.75 Å². The highest BCUT2D eigenvalue weighted by atomic mass is 32.2. The molecule has 82 valence electrons. The van der Waals surface area contributed by atoms with Crippen molar-refractivity contribution < 1.29 is 9.53 Å². The number of rotatable bonds is 6. The minimum atomic E-state index is 0.144. The van der Waals surface area contributed by atoms with Crippen LogP contribution >= 0.6 is 11.8 Å². The van der Waals surface area contributed by atoms with Crippen LogP contribution in [-0.4, -0.2) is 24.4 Å². The van der Waals surface area contributed by atoms with Crippen LogP contribution in [0, 0.1) is 0 Å². The van der Waals surface area contributed by atoms with Crippen LogP contribution in [-0.2, 0) is 0 Å². The smallest absolute Gasteiger partial charge is 0.176 e. The Labute approximate surface area is 95.0 Å². The molecule has 0 aliphatic heterocycles. The first-order chi connectivity index (χ1) is 7.29. The van der Waals surface area contributed by atoms with Gasteiger partial charge < -0.3 is 4.74 Å². The second-order valence-electron chi connectivity index (χ2n) is 3.18. The number of benzene rings is 1. The minimum absolute atomic E-state index is 0.144. The summed E-state index contributed by atoms with van der Waals surface area (Å²) in [4.78, 5) is 11.8. The predicted molar refractivity (Wildman–Crippen MR) is 64.9 cm³/mol. The summed E-state index contributed by atoms with van der Waals surface area (Å²) < 4.78 is 5.14. The highest BCUT2D eigenvalue weighted by molar-refractivity contribution is 7.99. The number of carbonyl (C=O) groups excluding carboxylic acids is 1. The zero-order chi connectivity index (χ0) is 11.1. The van der Waals surface area contributed by atoms with Crippen LogP contribution in [0.15, 0.2) is 24.3 Å². The van der Waals surface area contributed by atoms with Crippen LogP contribution in [0.25, 0.3) is 0 Å². The van der Waals surface area contributed by atoms with Crippen LogP contribution in [0.4, 0.5) is 0 Å². The molecule has 0 saturated carbocycles. The zero-order valence-corrected chi connectivity index (χ0v) is 9.97. The van der Waals surface area contributed by atoms with Crippen molar-refractivity contribution in [3.05, 3.63) is 29.8 Å². The first-order valence-electron chi connectivity index (χ1n) is 5.03.